The number of pyridine rings is 1. The third-order valence-electron chi connectivity index (χ3n) is 2.98. The lowest BCUT2D eigenvalue weighted by Crippen LogP contribution is -2.24. The number of aryl methyl sites for hydroxylation is 2. The van der Waals surface area contributed by atoms with E-state index in [1.165, 1.54) is 6.20 Å². The van der Waals surface area contributed by atoms with Crippen molar-refractivity contribution in [1.82, 2.24) is 14.8 Å². The molecule has 0 fully saturated rings. The predicted molar refractivity (Wildman–Crippen MR) is 71.8 cm³/mol. The zero-order valence-electron chi connectivity index (χ0n) is 11.2. The van der Waals surface area contributed by atoms with Gasteiger partial charge in [0.05, 0.1) is 29.5 Å². The van der Waals surface area contributed by atoms with Crippen LogP contribution in [-0.2, 0) is 7.05 Å². The van der Waals surface area contributed by atoms with Crippen molar-refractivity contribution in [3.63, 3.8) is 0 Å². The van der Waals surface area contributed by atoms with Crippen LogP contribution in [0.5, 0.6) is 0 Å². The molecule has 0 bridgehead atoms. The Labute approximate surface area is 114 Å². The number of carbonyl (C=O) groups is 1. The Morgan fingerprint density at radius 1 is 1.55 bits per heavy atom. The van der Waals surface area contributed by atoms with E-state index in [2.05, 4.69) is 15.4 Å². The lowest BCUT2D eigenvalue weighted by Gasteiger charge is -2.13. The number of hydrogen-bond acceptors (Lipinski definition) is 6. The van der Waals surface area contributed by atoms with Gasteiger partial charge in [-0.05, 0) is 6.92 Å². The number of carboxylic acids is 1. The van der Waals surface area contributed by atoms with Gasteiger partial charge < -0.3 is 20.6 Å². The minimum absolute atomic E-state index is 0.00117. The number of nitrogens with one attached hydrogen (secondary N) is 1. The first-order valence-electron chi connectivity index (χ1n) is 6.04. The number of hydrogen-bond donors (Lipinski definition) is 4. The summed E-state index contributed by atoms with van der Waals surface area (Å²) in [6, 6.07) is 0. The van der Waals surface area contributed by atoms with Gasteiger partial charge in [0.15, 0.2) is 5.65 Å². The van der Waals surface area contributed by atoms with Gasteiger partial charge in [0.25, 0.3) is 0 Å². The van der Waals surface area contributed by atoms with E-state index in [1.54, 1.807) is 18.7 Å². The predicted octanol–water partition coefficient (Wildman–Crippen LogP) is -0.260. The average molecular weight is 280 g/mol. The molecule has 20 heavy (non-hydrogen) atoms. The second-order valence-corrected chi connectivity index (χ2v) is 4.48. The summed E-state index contributed by atoms with van der Waals surface area (Å²) in [6.07, 6.45) is 0.274. The summed E-state index contributed by atoms with van der Waals surface area (Å²) in [5, 5.41) is 35.1. The average Bonchev–Trinajstić information content (AvgIpc) is 2.70. The van der Waals surface area contributed by atoms with Gasteiger partial charge in [-0.2, -0.15) is 5.10 Å². The summed E-state index contributed by atoms with van der Waals surface area (Å²) >= 11 is 0. The Balaban J connectivity index is 2.56. The maximum absolute atomic E-state index is 11.3. The van der Waals surface area contributed by atoms with Crippen LogP contribution in [0.4, 0.5) is 5.69 Å². The van der Waals surface area contributed by atoms with E-state index in [0.717, 1.165) is 0 Å². The van der Waals surface area contributed by atoms with Gasteiger partial charge in [-0.15, -0.1) is 0 Å². The highest BCUT2D eigenvalue weighted by atomic mass is 16.4. The van der Waals surface area contributed by atoms with Crippen LogP contribution in [0.1, 0.15) is 16.1 Å². The van der Waals surface area contributed by atoms with E-state index < -0.39 is 18.7 Å². The Bertz CT molecular complexity index is 652. The Morgan fingerprint density at radius 2 is 2.25 bits per heavy atom. The van der Waals surface area contributed by atoms with Crippen LogP contribution in [0.15, 0.2) is 6.20 Å². The number of nitrogens with zero attached hydrogens (tertiary/aromatic N) is 3. The van der Waals surface area contributed by atoms with Gasteiger partial charge in [0, 0.05) is 19.8 Å². The van der Waals surface area contributed by atoms with E-state index in [-0.39, 0.29) is 12.1 Å². The van der Waals surface area contributed by atoms with E-state index in [4.69, 9.17) is 5.11 Å². The summed E-state index contributed by atoms with van der Waals surface area (Å²) in [4.78, 5) is 15.4. The zero-order valence-corrected chi connectivity index (χ0v) is 11.2. The molecule has 1 unspecified atom stereocenters. The van der Waals surface area contributed by atoms with Gasteiger partial charge in [-0.1, -0.05) is 0 Å². The zero-order chi connectivity index (χ0) is 14.9. The Morgan fingerprint density at radius 3 is 2.85 bits per heavy atom. The highest BCUT2D eigenvalue weighted by Gasteiger charge is 2.19. The molecule has 0 saturated heterocycles. The molecule has 0 aromatic carbocycles. The summed E-state index contributed by atoms with van der Waals surface area (Å²) in [6.45, 7) is 1.38. The SMILES string of the molecule is Cc1nn(C)c2ncc(C(=O)O)c(NCC(O)CO)c12. The van der Waals surface area contributed by atoms with E-state index >= 15 is 0 Å². The molecule has 0 saturated carbocycles. The van der Waals surface area contributed by atoms with E-state index in [9.17, 15) is 15.0 Å². The number of carboxylic acid groups (broad SMARTS) is 1. The molecular weight excluding hydrogens is 264 g/mol. The first kappa shape index (κ1) is 14.2. The number of rotatable bonds is 5. The third-order valence-corrected chi connectivity index (χ3v) is 2.98. The molecule has 0 spiro atoms. The first-order valence-corrected chi connectivity index (χ1v) is 6.04. The largest absolute Gasteiger partial charge is 0.478 e. The molecule has 2 heterocycles. The molecule has 2 aromatic heterocycles. The molecule has 4 N–H and O–H groups in total. The van der Waals surface area contributed by atoms with Crippen LogP contribution < -0.4 is 5.32 Å². The number of aromatic nitrogens is 3. The van der Waals surface area contributed by atoms with Gasteiger partial charge in [0.1, 0.15) is 5.56 Å². The fourth-order valence-corrected chi connectivity index (χ4v) is 2.04. The molecule has 0 amide bonds. The lowest BCUT2D eigenvalue weighted by atomic mass is 10.1. The van der Waals surface area contributed by atoms with Crippen LogP contribution in [0, 0.1) is 6.92 Å². The Kier molecular flexibility index (Phi) is 3.86. The molecule has 0 aliphatic carbocycles. The van der Waals surface area contributed by atoms with Crippen molar-refractivity contribution in [3.05, 3.63) is 17.5 Å². The highest BCUT2D eigenvalue weighted by molar-refractivity contribution is 6.04. The van der Waals surface area contributed by atoms with Crippen molar-refractivity contribution in [2.24, 2.45) is 7.05 Å². The quantitative estimate of drug-likeness (QED) is 0.595. The summed E-state index contributed by atoms with van der Waals surface area (Å²) in [7, 11) is 1.72. The number of anilines is 1. The van der Waals surface area contributed by atoms with Crippen molar-refractivity contribution in [1.29, 1.82) is 0 Å². The highest BCUT2D eigenvalue weighted by Crippen LogP contribution is 2.28. The molecule has 1 atom stereocenters. The smallest absolute Gasteiger partial charge is 0.339 e. The second kappa shape index (κ2) is 5.43. The molecule has 0 aliphatic rings. The molecule has 108 valence electrons. The fraction of sp³-hybridized carbons (Fsp3) is 0.417. The Hall–Kier alpha value is -2.19. The van der Waals surface area contributed by atoms with Gasteiger partial charge in [-0.3, -0.25) is 4.68 Å². The fourth-order valence-electron chi connectivity index (χ4n) is 2.04. The summed E-state index contributed by atoms with van der Waals surface area (Å²) in [5.74, 6) is -1.12. The van der Waals surface area contributed by atoms with Crippen LogP contribution in [-0.4, -0.2) is 55.3 Å². The standard InChI is InChI=1S/C12H16N4O4/c1-6-9-10(13-3-7(18)5-17)8(12(19)20)4-14-11(9)16(2)15-6/h4,7,17-18H,3,5H2,1-2H3,(H,13,14)(H,19,20). The van der Waals surface area contributed by atoms with E-state index in [1.807, 2.05) is 0 Å². The number of aliphatic hydroxyl groups excluding tert-OH is 2. The van der Waals surface area contributed by atoms with Crippen molar-refractivity contribution < 1.29 is 20.1 Å². The maximum Gasteiger partial charge on any atom is 0.339 e. The molecule has 0 aliphatic heterocycles. The number of aromatic carboxylic acids is 1. The molecule has 8 nitrogen and oxygen atoms in total. The topological polar surface area (TPSA) is 121 Å². The molecule has 8 heteroatoms. The molecule has 2 aromatic rings. The number of fused-ring (bicyclic) bond motifs is 1. The molecule has 2 rings (SSSR count). The summed E-state index contributed by atoms with van der Waals surface area (Å²) in [5.41, 5.74) is 1.53. The molecule has 0 radical (unpaired) electrons. The van der Waals surface area contributed by atoms with Crippen LogP contribution in [0.25, 0.3) is 11.0 Å². The van der Waals surface area contributed by atoms with Crippen molar-refractivity contribution >= 4 is 22.7 Å². The van der Waals surface area contributed by atoms with E-state index in [0.29, 0.717) is 22.4 Å². The van der Waals surface area contributed by atoms with Gasteiger partial charge in [-0.25, -0.2) is 9.78 Å². The van der Waals surface area contributed by atoms with Gasteiger partial charge in [0.2, 0.25) is 0 Å². The normalized spacial score (nSPS) is 12.6. The number of aliphatic hydroxyl groups is 2. The molecular formula is C12H16N4O4. The van der Waals surface area contributed by atoms with Crippen LogP contribution >= 0.6 is 0 Å². The van der Waals surface area contributed by atoms with Crippen molar-refractivity contribution in [2.45, 2.75) is 13.0 Å². The summed E-state index contributed by atoms with van der Waals surface area (Å²) < 4.78 is 1.56. The van der Waals surface area contributed by atoms with Crippen LogP contribution in [0.2, 0.25) is 0 Å². The van der Waals surface area contributed by atoms with Crippen molar-refractivity contribution in [3.8, 4) is 0 Å². The van der Waals surface area contributed by atoms with Crippen molar-refractivity contribution in [2.75, 3.05) is 18.5 Å². The third kappa shape index (κ3) is 2.43. The second-order valence-electron chi connectivity index (χ2n) is 4.48. The monoisotopic (exact) mass is 280 g/mol. The minimum atomic E-state index is -1.12. The van der Waals surface area contributed by atoms with Crippen LogP contribution in [0.3, 0.4) is 0 Å². The maximum atomic E-state index is 11.3. The first-order chi connectivity index (χ1) is 9.45. The lowest BCUT2D eigenvalue weighted by molar-refractivity contribution is 0.0697. The van der Waals surface area contributed by atoms with Gasteiger partial charge >= 0.3 is 5.97 Å². The minimum Gasteiger partial charge on any atom is -0.478 e.